The zero-order valence-electron chi connectivity index (χ0n) is 20.2. The maximum Gasteiger partial charge on any atom is 0.260 e. The molecule has 1 N–H and O–H groups in total. The van der Waals surface area contributed by atoms with Crippen molar-refractivity contribution in [1.29, 1.82) is 0 Å². The molecule has 3 rings (SSSR count). The number of rotatable bonds is 10. The standard InChI is InChI=1S/C26H29N3O5S/c1-19-10-12-23(14-20(19)2)29(35(4,31)32)17-26(30)28-27-16-22-11-13-24(25(15-22)33-3)34-18-21-8-6-5-7-9-21/h5-16H,17-18H2,1-4H3,(H,28,30)/b27-16-. The molecule has 0 bridgehead atoms. The normalized spacial score (nSPS) is 11.3. The highest BCUT2D eigenvalue weighted by molar-refractivity contribution is 7.92. The number of carbonyl (C=O) groups excluding carboxylic acids is 1. The van der Waals surface area contributed by atoms with E-state index in [9.17, 15) is 13.2 Å². The Morgan fingerprint density at radius 2 is 1.74 bits per heavy atom. The summed E-state index contributed by atoms with van der Waals surface area (Å²) in [7, 11) is -2.13. The Morgan fingerprint density at radius 3 is 2.40 bits per heavy atom. The fraction of sp³-hybridized carbons (Fsp3) is 0.231. The molecule has 0 heterocycles. The van der Waals surface area contributed by atoms with Gasteiger partial charge in [0.25, 0.3) is 5.91 Å². The van der Waals surface area contributed by atoms with Gasteiger partial charge in [-0.05, 0) is 66.4 Å². The smallest absolute Gasteiger partial charge is 0.260 e. The maximum atomic E-state index is 12.4. The number of benzene rings is 3. The molecule has 3 aromatic carbocycles. The molecule has 0 saturated carbocycles. The first-order valence-corrected chi connectivity index (χ1v) is 12.7. The van der Waals surface area contributed by atoms with Gasteiger partial charge in [-0.1, -0.05) is 36.4 Å². The van der Waals surface area contributed by atoms with Gasteiger partial charge in [0.1, 0.15) is 13.2 Å². The van der Waals surface area contributed by atoms with E-state index in [4.69, 9.17) is 9.47 Å². The largest absolute Gasteiger partial charge is 0.493 e. The summed E-state index contributed by atoms with van der Waals surface area (Å²) in [5.74, 6) is 0.531. The summed E-state index contributed by atoms with van der Waals surface area (Å²) >= 11 is 0. The van der Waals surface area contributed by atoms with Crippen LogP contribution in [-0.2, 0) is 21.4 Å². The Labute approximate surface area is 206 Å². The van der Waals surface area contributed by atoms with Crippen molar-refractivity contribution in [2.24, 2.45) is 5.10 Å². The SMILES string of the molecule is COc1cc(/C=N\NC(=O)CN(c2ccc(C)c(C)c2)S(C)(=O)=O)ccc1OCc1ccccc1. The Morgan fingerprint density at radius 1 is 1.00 bits per heavy atom. The van der Waals surface area contributed by atoms with Gasteiger partial charge in [0.2, 0.25) is 10.0 Å². The number of methoxy groups -OCH3 is 1. The fourth-order valence-corrected chi connectivity index (χ4v) is 4.09. The first-order valence-electron chi connectivity index (χ1n) is 10.9. The molecule has 0 radical (unpaired) electrons. The third-order valence-electron chi connectivity index (χ3n) is 5.29. The summed E-state index contributed by atoms with van der Waals surface area (Å²) in [5, 5.41) is 3.96. The molecule has 35 heavy (non-hydrogen) atoms. The molecule has 0 spiro atoms. The van der Waals surface area contributed by atoms with E-state index in [2.05, 4.69) is 10.5 Å². The third-order valence-corrected chi connectivity index (χ3v) is 6.43. The van der Waals surface area contributed by atoms with Crippen molar-refractivity contribution >= 4 is 27.8 Å². The lowest BCUT2D eigenvalue weighted by molar-refractivity contribution is -0.119. The molecule has 0 atom stereocenters. The minimum Gasteiger partial charge on any atom is -0.493 e. The molecular formula is C26H29N3O5S. The Hall–Kier alpha value is -3.85. The van der Waals surface area contributed by atoms with E-state index in [1.807, 2.05) is 50.2 Å². The van der Waals surface area contributed by atoms with Gasteiger partial charge in [-0.15, -0.1) is 0 Å². The minimum atomic E-state index is -3.67. The van der Waals surface area contributed by atoms with Crippen LogP contribution in [0.1, 0.15) is 22.3 Å². The minimum absolute atomic E-state index is 0.395. The fourth-order valence-electron chi connectivity index (χ4n) is 3.24. The molecule has 1 amide bonds. The number of hydrazone groups is 1. The van der Waals surface area contributed by atoms with E-state index in [1.54, 1.807) is 37.4 Å². The third kappa shape index (κ3) is 7.31. The molecule has 0 unspecified atom stereocenters. The lowest BCUT2D eigenvalue weighted by Gasteiger charge is -2.22. The first-order chi connectivity index (χ1) is 16.7. The summed E-state index contributed by atoms with van der Waals surface area (Å²) in [6.07, 6.45) is 2.51. The lowest BCUT2D eigenvalue weighted by Crippen LogP contribution is -2.39. The van der Waals surface area contributed by atoms with Crippen LogP contribution in [0.4, 0.5) is 5.69 Å². The van der Waals surface area contributed by atoms with Crippen molar-refractivity contribution in [1.82, 2.24) is 5.43 Å². The van der Waals surface area contributed by atoms with Crippen LogP contribution in [0, 0.1) is 13.8 Å². The van der Waals surface area contributed by atoms with Gasteiger partial charge in [-0.2, -0.15) is 5.10 Å². The molecule has 3 aromatic rings. The monoisotopic (exact) mass is 495 g/mol. The van der Waals surface area contributed by atoms with Gasteiger partial charge in [0.05, 0.1) is 25.3 Å². The molecule has 0 aromatic heterocycles. The molecule has 184 valence electrons. The van der Waals surface area contributed by atoms with Crippen molar-refractivity contribution < 1.29 is 22.7 Å². The van der Waals surface area contributed by atoms with Crippen LogP contribution in [0.25, 0.3) is 0 Å². The van der Waals surface area contributed by atoms with E-state index in [1.165, 1.54) is 6.21 Å². The molecule has 0 aliphatic rings. The lowest BCUT2D eigenvalue weighted by atomic mass is 10.1. The predicted molar refractivity (Wildman–Crippen MR) is 138 cm³/mol. The Bertz CT molecular complexity index is 1310. The van der Waals surface area contributed by atoms with Gasteiger partial charge < -0.3 is 9.47 Å². The van der Waals surface area contributed by atoms with E-state index in [0.29, 0.717) is 29.4 Å². The number of nitrogens with zero attached hydrogens (tertiary/aromatic N) is 2. The summed E-state index contributed by atoms with van der Waals surface area (Å²) in [5.41, 5.74) is 6.47. The summed E-state index contributed by atoms with van der Waals surface area (Å²) in [6.45, 7) is 3.82. The number of sulfonamides is 1. The van der Waals surface area contributed by atoms with Crippen LogP contribution >= 0.6 is 0 Å². The molecule has 8 nitrogen and oxygen atoms in total. The van der Waals surface area contributed by atoms with Gasteiger partial charge >= 0.3 is 0 Å². The number of anilines is 1. The van der Waals surface area contributed by atoms with Crippen LogP contribution < -0.4 is 19.2 Å². The number of nitrogens with one attached hydrogen (secondary N) is 1. The predicted octanol–water partition coefficient (Wildman–Crippen LogP) is 3.81. The Balaban J connectivity index is 1.64. The second-order valence-electron chi connectivity index (χ2n) is 8.02. The molecule has 0 saturated heterocycles. The molecule has 0 fully saturated rings. The van der Waals surface area contributed by atoms with E-state index in [0.717, 1.165) is 27.3 Å². The topological polar surface area (TPSA) is 97.3 Å². The van der Waals surface area contributed by atoms with Crippen LogP contribution in [-0.4, -0.2) is 40.4 Å². The summed E-state index contributed by atoms with van der Waals surface area (Å²) < 4.78 is 36.9. The highest BCUT2D eigenvalue weighted by atomic mass is 32.2. The number of carbonyl (C=O) groups is 1. The highest BCUT2D eigenvalue weighted by Crippen LogP contribution is 2.28. The second kappa shape index (κ2) is 11.5. The van der Waals surface area contributed by atoms with E-state index in [-0.39, 0.29) is 0 Å². The van der Waals surface area contributed by atoms with Gasteiger partial charge in [0, 0.05) is 0 Å². The van der Waals surface area contributed by atoms with Gasteiger partial charge in [-0.25, -0.2) is 13.8 Å². The highest BCUT2D eigenvalue weighted by Gasteiger charge is 2.21. The summed E-state index contributed by atoms with van der Waals surface area (Å²) in [6, 6.07) is 20.3. The number of amides is 1. The van der Waals surface area contributed by atoms with Crippen molar-refractivity contribution in [3.05, 3.63) is 89.0 Å². The van der Waals surface area contributed by atoms with E-state index >= 15 is 0 Å². The van der Waals surface area contributed by atoms with Crippen molar-refractivity contribution in [3.8, 4) is 11.5 Å². The zero-order chi connectivity index (χ0) is 25.4. The van der Waals surface area contributed by atoms with Crippen LogP contribution in [0.5, 0.6) is 11.5 Å². The molecule has 0 aliphatic carbocycles. The van der Waals surface area contributed by atoms with E-state index < -0.39 is 22.5 Å². The van der Waals surface area contributed by atoms with Crippen LogP contribution in [0.15, 0.2) is 71.8 Å². The van der Waals surface area contributed by atoms with Gasteiger partial charge in [-0.3, -0.25) is 9.10 Å². The second-order valence-corrected chi connectivity index (χ2v) is 9.92. The molecule has 9 heteroatoms. The van der Waals surface area contributed by atoms with Crippen LogP contribution in [0.3, 0.4) is 0 Å². The number of hydrogen-bond donors (Lipinski definition) is 1. The number of hydrogen-bond acceptors (Lipinski definition) is 6. The molecular weight excluding hydrogens is 466 g/mol. The zero-order valence-corrected chi connectivity index (χ0v) is 21.0. The van der Waals surface area contributed by atoms with Crippen LogP contribution in [0.2, 0.25) is 0 Å². The number of ether oxygens (including phenoxy) is 2. The van der Waals surface area contributed by atoms with Crippen molar-refractivity contribution in [2.75, 3.05) is 24.2 Å². The first kappa shape index (κ1) is 25.8. The number of aryl methyl sites for hydroxylation is 2. The average Bonchev–Trinajstić information content (AvgIpc) is 2.83. The average molecular weight is 496 g/mol. The van der Waals surface area contributed by atoms with Crippen molar-refractivity contribution in [2.45, 2.75) is 20.5 Å². The van der Waals surface area contributed by atoms with Crippen molar-refractivity contribution in [3.63, 3.8) is 0 Å². The van der Waals surface area contributed by atoms with Gasteiger partial charge in [0.15, 0.2) is 11.5 Å². The Kier molecular flexibility index (Phi) is 8.48. The molecule has 0 aliphatic heterocycles. The maximum absolute atomic E-state index is 12.4. The quantitative estimate of drug-likeness (QED) is 0.341. The summed E-state index contributed by atoms with van der Waals surface area (Å²) in [4.78, 5) is 12.4.